The van der Waals surface area contributed by atoms with E-state index in [0.717, 1.165) is 30.9 Å². The Balaban J connectivity index is 2.14. The summed E-state index contributed by atoms with van der Waals surface area (Å²) >= 11 is 0. The topological polar surface area (TPSA) is 23.6 Å². The number of amides is 1. The van der Waals surface area contributed by atoms with E-state index in [4.69, 9.17) is 0 Å². The van der Waals surface area contributed by atoms with Crippen molar-refractivity contribution >= 4 is 5.91 Å². The summed E-state index contributed by atoms with van der Waals surface area (Å²) in [4.78, 5) is 16.1. The summed E-state index contributed by atoms with van der Waals surface area (Å²) in [7, 11) is 2.03. The van der Waals surface area contributed by atoms with E-state index < -0.39 is 0 Å². The van der Waals surface area contributed by atoms with Crippen LogP contribution in [0.3, 0.4) is 0 Å². The minimum absolute atomic E-state index is 0.142. The molecule has 2 rings (SSSR count). The minimum atomic E-state index is 0.142. The van der Waals surface area contributed by atoms with Crippen LogP contribution in [0.25, 0.3) is 0 Å². The predicted molar refractivity (Wildman–Crippen MR) is 59.7 cm³/mol. The van der Waals surface area contributed by atoms with Crippen LogP contribution in [0.2, 0.25) is 0 Å². The molecule has 0 aromatic heterocycles. The van der Waals surface area contributed by atoms with Gasteiger partial charge in [-0.2, -0.15) is 0 Å². The third-order valence-electron chi connectivity index (χ3n) is 2.72. The molecule has 0 atom stereocenters. The molecule has 0 saturated carbocycles. The number of carbonyl (C=O) groups is 1. The first-order valence-electron chi connectivity index (χ1n) is 5.21. The fourth-order valence-electron chi connectivity index (χ4n) is 1.85. The van der Waals surface area contributed by atoms with Crippen molar-refractivity contribution in [2.45, 2.75) is 6.92 Å². The number of hydrogen-bond acceptors (Lipinski definition) is 2. The molecular weight excluding hydrogens is 188 g/mol. The third-order valence-corrected chi connectivity index (χ3v) is 2.72. The highest BCUT2D eigenvalue weighted by atomic mass is 16.2. The molecule has 1 aromatic carbocycles. The van der Waals surface area contributed by atoms with Gasteiger partial charge in [0.25, 0.3) is 5.91 Å². The molecule has 0 N–H and O–H groups in total. The molecule has 1 saturated heterocycles. The second-order valence-electron chi connectivity index (χ2n) is 4.16. The van der Waals surface area contributed by atoms with Crippen LogP contribution in [0, 0.1) is 6.92 Å². The number of likely N-dealkylation sites (N-methyl/N-ethyl adjacent to an activating group) is 1. The first-order chi connectivity index (χ1) is 7.16. The van der Waals surface area contributed by atoms with Gasteiger partial charge in [-0.1, -0.05) is 17.7 Å². The average molecular weight is 204 g/mol. The van der Waals surface area contributed by atoms with E-state index in [0.29, 0.717) is 0 Å². The van der Waals surface area contributed by atoms with Crippen LogP contribution in [-0.2, 0) is 0 Å². The van der Waals surface area contributed by atoms with Crippen molar-refractivity contribution in [1.82, 2.24) is 9.80 Å². The van der Waals surface area contributed by atoms with E-state index in [-0.39, 0.29) is 5.91 Å². The standard InChI is InChI=1S/C12H16N2O/c1-10-4-3-5-11(8-10)12(15)14-7-6-13(2)9-14/h3-5,8H,6-7,9H2,1-2H3. The number of benzene rings is 1. The third kappa shape index (κ3) is 2.18. The van der Waals surface area contributed by atoms with Crippen LogP contribution in [0.15, 0.2) is 24.3 Å². The lowest BCUT2D eigenvalue weighted by atomic mass is 10.1. The van der Waals surface area contributed by atoms with Crippen molar-refractivity contribution in [2.75, 3.05) is 26.8 Å². The molecule has 0 spiro atoms. The SMILES string of the molecule is Cc1cccc(C(=O)N2CCN(C)C2)c1. The van der Waals surface area contributed by atoms with Gasteiger partial charge in [-0.15, -0.1) is 0 Å². The molecule has 3 nitrogen and oxygen atoms in total. The second kappa shape index (κ2) is 4.03. The van der Waals surface area contributed by atoms with Crippen molar-refractivity contribution in [1.29, 1.82) is 0 Å². The molecule has 15 heavy (non-hydrogen) atoms. The van der Waals surface area contributed by atoms with Gasteiger partial charge in [0, 0.05) is 18.7 Å². The molecule has 80 valence electrons. The normalized spacial score (nSPS) is 17.1. The summed E-state index contributed by atoms with van der Waals surface area (Å²) in [6.45, 7) is 4.56. The number of hydrogen-bond donors (Lipinski definition) is 0. The highest BCUT2D eigenvalue weighted by Crippen LogP contribution is 2.11. The molecular formula is C12H16N2O. The van der Waals surface area contributed by atoms with Crippen molar-refractivity contribution in [2.24, 2.45) is 0 Å². The second-order valence-corrected chi connectivity index (χ2v) is 4.16. The van der Waals surface area contributed by atoms with E-state index in [1.165, 1.54) is 0 Å². The lowest BCUT2D eigenvalue weighted by Crippen LogP contribution is -2.30. The van der Waals surface area contributed by atoms with Crippen molar-refractivity contribution in [3.63, 3.8) is 0 Å². The molecule has 1 aliphatic heterocycles. The van der Waals surface area contributed by atoms with Gasteiger partial charge in [-0.25, -0.2) is 0 Å². The Bertz CT molecular complexity index is 376. The molecule has 0 bridgehead atoms. The molecule has 3 heteroatoms. The van der Waals surface area contributed by atoms with Crippen LogP contribution in [0.4, 0.5) is 0 Å². The Labute approximate surface area is 90.3 Å². The fraction of sp³-hybridized carbons (Fsp3) is 0.417. The van der Waals surface area contributed by atoms with Gasteiger partial charge in [0.05, 0.1) is 6.67 Å². The van der Waals surface area contributed by atoms with Crippen LogP contribution in [-0.4, -0.2) is 42.5 Å². The zero-order valence-electron chi connectivity index (χ0n) is 9.23. The summed E-state index contributed by atoms with van der Waals surface area (Å²) in [5, 5.41) is 0. The Hall–Kier alpha value is -1.35. The lowest BCUT2D eigenvalue weighted by Gasteiger charge is -2.15. The number of aryl methyl sites for hydroxylation is 1. The highest BCUT2D eigenvalue weighted by molar-refractivity contribution is 5.94. The van der Waals surface area contributed by atoms with Crippen LogP contribution in [0.1, 0.15) is 15.9 Å². The lowest BCUT2D eigenvalue weighted by molar-refractivity contribution is 0.0771. The van der Waals surface area contributed by atoms with E-state index >= 15 is 0 Å². The van der Waals surface area contributed by atoms with Crippen LogP contribution >= 0.6 is 0 Å². The summed E-state index contributed by atoms with van der Waals surface area (Å²) < 4.78 is 0. The summed E-state index contributed by atoms with van der Waals surface area (Å²) in [5.41, 5.74) is 1.93. The Morgan fingerprint density at radius 3 is 2.73 bits per heavy atom. The molecule has 1 aromatic rings. The van der Waals surface area contributed by atoms with Gasteiger partial charge in [0.1, 0.15) is 0 Å². The Kier molecular flexibility index (Phi) is 2.73. The molecule has 0 aliphatic carbocycles. The number of carbonyl (C=O) groups excluding carboxylic acids is 1. The van der Waals surface area contributed by atoms with E-state index in [1.54, 1.807) is 0 Å². The molecule has 1 fully saturated rings. The zero-order chi connectivity index (χ0) is 10.8. The van der Waals surface area contributed by atoms with E-state index in [2.05, 4.69) is 4.90 Å². The zero-order valence-corrected chi connectivity index (χ0v) is 9.23. The smallest absolute Gasteiger partial charge is 0.254 e. The number of nitrogens with zero attached hydrogens (tertiary/aromatic N) is 2. The Morgan fingerprint density at radius 1 is 1.33 bits per heavy atom. The summed E-state index contributed by atoms with van der Waals surface area (Å²) in [6, 6.07) is 7.77. The summed E-state index contributed by atoms with van der Waals surface area (Å²) in [5.74, 6) is 0.142. The number of rotatable bonds is 1. The van der Waals surface area contributed by atoms with Gasteiger partial charge >= 0.3 is 0 Å². The maximum Gasteiger partial charge on any atom is 0.254 e. The average Bonchev–Trinajstić information content (AvgIpc) is 2.64. The van der Waals surface area contributed by atoms with Gasteiger partial charge in [-0.3, -0.25) is 9.69 Å². The van der Waals surface area contributed by atoms with Gasteiger partial charge in [0.15, 0.2) is 0 Å². The maximum atomic E-state index is 12.0. The molecule has 1 amide bonds. The fourth-order valence-corrected chi connectivity index (χ4v) is 1.85. The van der Waals surface area contributed by atoms with E-state index in [1.807, 2.05) is 43.1 Å². The van der Waals surface area contributed by atoms with Crippen LogP contribution < -0.4 is 0 Å². The molecule has 0 unspecified atom stereocenters. The quantitative estimate of drug-likeness (QED) is 0.689. The molecule has 0 radical (unpaired) electrons. The van der Waals surface area contributed by atoms with Crippen molar-refractivity contribution in [3.8, 4) is 0 Å². The molecule has 1 aliphatic rings. The van der Waals surface area contributed by atoms with Crippen LogP contribution in [0.5, 0.6) is 0 Å². The maximum absolute atomic E-state index is 12.0. The monoisotopic (exact) mass is 204 g/mol. The highest BCUT2D eigenvalue weighted by Gasteiger charge is 2.22. The first kappa shape index (κ1) is 10.2. The molecule has 1 heterocycles. The van der Waals surface area contributed by atoms with Gasteiger partial charge in [0.2, 0.25) is 0 Å². The van der Waals surface area contributed by atoms with Crippen molar-refractivity contribution in [3.05, 3.63) is 35.4 Å². The van der Waals surface area contributed by atoms with Gasteiger partial charge < -0.3 is 4.90 Å². The van der Waals surface area contributed by atoms with Crippen molar-refractivity contribution < 1.29 is 4.79 Å². The Morgan fingerprint density at radius 2 is 2.13 bits per heavy atom. The predicted octanol–water partition coefficient (Wildman–Crippen LogP) is 1.34. The van der Waals surface area contributed by atoms with E-state index in [9.17, 15) is 4.79 Å². The first-order valence-corrected chi connectivity index (χ1v) is 5.21. The summed E-state index contributed by atoms with van der Waals surface area (Å²) in [6.07, 6.45) is 0. The largest absolute Gasteiger partial charge is 0.324 e. The van der Waals surface area contributed by atoms with Gasteiger partial charge in [-0.05, 0) is 26.1 Å². The minimum Gasteiger partial charge on any atom is -0.324 e.